The number of hydrogen-bond acceptors (Lipinski definition) is 4. The van der Waals surface area contributed by atoms with Gasteiger partial charge in [-0.05, 0) is 6.42 Å². The minimum Gasteiger partial charge on any atom is -0.392 e. The first-order chi connectivity index (χ1) is 6.13. The van der Waals surface area contributed by atoms with Gasteiger partial charge in [-0.15, -0.1) is 0 Å². The van der Waals surface area contributed by atoms with Crippen molar-refractivity contribution >= 4 is 17.8 Å². The van der Waals surface area contributed by atoms with Crippen molar-refractivity contribution in [3.63, 3.8) is 0 Å². The van der Waals surface area contributed by atoms with Crippen LogP contribution in [0.4, 0.5) is 0 Å². The molecule has 5 nitrogen and oxygen atoms in total. The molecule has 72 valence electrons. The van der Waals surface area contributed by atoms with Gasteiger partial charge in [0.2, 0.25) is 5.91 Å². The molecule has 1 aliphatic rings. The second kappa shape index (κ2) is 4.02. The van der Waals surface area contributed by atoms with Crippen LogP contribution in [0.1, 0.15) is 26.2 Å². The van der Waals surface area contributed by atoms with E-state index in [0.717, 1.165) is 0 Å². The fourth-order valence-corrected chi connectivity index (χ4v) is 1.04. The molecule has 1 heterocycles. The van der Waals surface area contributed by atoms with Crippen molar-refractivity contribution in [2.75, 3.05) is 0 Å². The van der Waals surface area contributed by atoms with Crippen LogP contribution in [-0.4, -0.2) is 23.9 Å². The molecule has 0 spiro atoms. The predicted octanol–water partition coefficient (Wildman–Crippen LogP) is -0.255. The van der Waals surface area contributed by atoms with Crippen LogP contribution in [0.15, 0.2) is 0 Å². The van der Waals surface area contributed by atoms with Gasteiger partial charge in [-0.3, -0.25) is 9.59 Å². The topological polar surface area (TPSA) is 72.5 Å². The van der Waals surface area contributed by atoms with E-state index >= 15 is 0 Å². The number of nitrogens with one attached hydrogen (secondary N) is 1. The Morgan fingerprint density at radius 3 is 2.85 bits per heavy atom. The molecular formula is C8H11NO4. The van der Waals surface area contributed by atoms with E-state index in [0.29, 0.717) is 12.8 Å². The van der Waals surface area contributed by atoms with E-state index in [1.165, 1.54) is 0 Å². The summed E-state index contributed by atoms with van der Waals surface area (Å²) in [6, 6.07) is -0.648. The van der Waals surface area contributed by atoms with Gasteiger partial charge < -0.3 is 10.1 Å². The van der Waals surface area contributed by atoms with E-state index in [1.54, 1.807) is 6.92 Å². The first-order valence-corrected chi connectivity index (χ1v) is 4.17. The summed E-state index contributed by atoms with van der Waals surface area (Å²) in [7, 11) is 0. The second-order valence-electron chi connectivity index (χ2n) is 2.81. The highest BCUT2D eigenvalue weighted by Crippen LogP contribution is 2.08. The van der Waals surface area contributed by atoms with Crippen molar-refractivity contribution in [1.82, 2.24) is 5.32 Å². The third-order valence-electron chi connectivity index (χ3n) is 1.79. The molecule has 1 aliphatic heterocycles. The Balaban J connectivity index is 2.47. The second-order valence-corrected chi connectivity index (χ2v) is 2.81. The van der Waals surface area contributed by atoms with Crippen molar-refractivity contribution in [2.24, 2.45) is 0 Å². The number of cyclic esters (lactones) is 2. The molecule has 1 N–H and O–H groups in total. The van der Waals surface area contributed by atoms with E-state index in [2.05, 4.69) is 10.1 Å². The zero-order valence-corrected chi connectivity index (χ0v) is 7.33. The molecule has 0 aromatic heterocycles. The fourth-order valence-electron chi connectivity index (χ4n) is 1.04. The Hall–Kier alpha value is -1.39. The third kappa shape index (κ3) is 2.54. The molecule has 5 heteroatoms. The standard InChI is InChI=1S/C8H11NO4/c1-2-6(10)9-5-3-4-7(11)13-8(5)12/h5H,2-4H2,1H3,(H,9,10)/t5-/m0/s1. The summed E-state index contributed by atoms with van der Waals surface area (Å²) in [5.74, 6) is -1.39. The molecule has 1 saturated heterocycles. The predicted molar refractivity (Wildman–Crippen MR) is 42.6 cm³/mol. The highest BCUT2D eigenvalue weighted by atomic mass is 16.6. The van der Waals surface area contributed by atoms with E-state index in [9.17, 15) is 14.4 Å². The minimum absolute atomic E-state index is 0.181. The van der Waals surface area contributed by atoms with Gasteiger partial charge in [0.15, 0.2) is 0 Å². The molecule has 0 radical (unpaired) electrons. The van der Waals surface area contributed by atoms with Crippen LogP contribution in [0.5, 0.6) is 0 Å². The number of esters is 2. The third-order valence-corrected chi connectivity index (χ3v) is 1.79. The van der Waals surface area contributed by atoms with Crippen LogP contribution in [0.2, 0.25) is 0 Å². The highest BCUT2D eigenvalue weighted by Gasteiger charge is 2.29. The lowest BCUT2D eigenvalue weighted by molar-refractivity contribution is -0.166. The summed E-state index contributed by atoms with van der Waals surface area (Å²) in [6.45, 7) is 1.69. The molecule has 0 unspecified atom stereocenters. The zero-order valence-electron chi connectivity index (χ0n) is 7.33. The van der Waals surface area contributed by atoms with Gasteiger partial charge in [-0.1, -0.05) is 6.92 Å². The van der Waals surface area contributed by atoms with Gasteiger partial charge in [-0.2, -0.15) is 0 Å². The summed E-state index contributed by atoms with van der Waals surface area (Å²) < 4.78 is 4.35. The van der Waals surface area contributed by atoms with Gasteiger partial charge >= 0.3 is 11.9 Å². The van der Waals surface area contributed by atoms with Gasteiger partial charge in [0.25, 0.3) is 0 Å². The summed E-state index contributed by atoms with van der Waals surface area (Å²) in [6.07, 6.45) is 0.835. The quantitative estimate of drug-likeness (QED) is 0.475. The Morgan fingerprint density at radius 2 is 2.31 bits per heavy atom. The van der Waals surface area contributed by atoms with Gasteiger partial charge in [0.1, 0.15) is 6.04 Å². The van der Waals surface area contributed by atoms with Crippen molar-refractivity contribution in [1.29, 1.82) is 0 Å². The van der Waals surface area contributed by atoms with Crippen LogP contribution in [-0.2, 0) is 19.1 Å². The van der Waals surface area contributed by atoms with Crippen LogP contribution in [0.3, 0.4) is 0 Å². The molecule has 1 rings (SSSR count). The maximum atomic E-state index is 11.0. The summed E-state index contributed by atoms with van der Waals surface area (Å²) in [5.41, 5.74) is 0. The molecule has 1 atom stereocenters. The first-order valence-electron chi connectivity index (χ1n) is 4.17. The van der Waals surface area contributed by atoms with Gasteiger partial charge in [0.05, 0.1) is 0 Å². The maximum absolute atomic E-state index is 11.0. The largest absolute Gasteiger partial charge is 0.392 e. The molecule has 0 aromatic carbocycles. The molecule has 1 amide bonds. The average Bonchev–Trinajstić information content (AvgIpc) is 2.09. The van der Waals surface area contributed by atoms with Crippen LogP contribution in [0.25, 0.3) is 0 Å². The van der Waals surface area contributed by atoms with Gasteiger partial charge in [-0.25, -0.2) is 4.79 Å². The van der Waals surface area contributed by atoms with E-state index < -0.39 is 18.0 Å². The summed E-state index contributed by atoms with van der Waals surface area (Å²) in [5, 5.41) is 2.47. The molecule has 13 heavy (non-hydrogen) atoms. The monoisotopic (exact) mass is 185 g/mol. The smallest absolute Gasteiger partial charge is 0.336 e. The highest BCUT2D eigenvalue weighted by molar-refractivity contribution is 5.93. The number of amides is 1. The molecular weight excluding hydrogens is 174 g/mol. The Kier molecular flexibility index (Phi) is 3.00. The summed E-state index contributed by atoms with van der Waals surface area (Å²) in [4.78, 5) is 32.5. The lowest BCUT2D eigenvalue weighted by Gasteiger charge is -2.19. The SMILES string of the molecule is CCC(=O)N[C@H]1CCC(=O)OC1=O. The Bertz CT molecular complexity index is 249. The minimum atomic E-state index is -0.655. The van der Waals surface area contributed by atoms with E-state index in [4.69, 9.17) is 0 Å². The molecule has 0 aromatic rings. The molecule has 0 aliphatic carbocycles. The van der Waals surface area contributed by atoms with Crippen molar-refractivity contribution < 1.29 is 19.1 Å². The Morgan fingerprint density at radius 1 is 1.62 bits per heavy atom. The maximum Gasteiger partial charge on any atom is 0.336 e. The molecule has 1 fully saturated rings. The van der Waals surface area contributed by atoms with Crippen LogP contribution < -0.4 is 5.32 Å². The number of ether oxygens (including phenoxy) is 1. The normalized spacial score (nSPS) is 22.4. The van der Waals surface area contributed by atoms with Crippen LogP contribution >= 0.6 is 0 Å². The molecule has 0 bridgehead atoms. The van der Waals surface area contributed by atoms with Crippen molar-refractivity contribution in [3.05, 3.63) is 0 Å². The molecule has 0 saturated carbocycles. The van der Waals surface area contributed by atoms with E-state index in [-0.39, 0.29) is 12.3 Å². The van der Waals surface area contributed by atoms with E-state index in [1.807, 2.05) is 0 Å². The lowest BCUT2D eigenvalue weighted by atomic mass is 10.1. The average molecular weight is 185 g/mol. The lowest BCUT2D eigenvalue weighted by Crippen LogP contribution is -2.45. The fraction of sp³-hybridized carbons (Fsp3) is 0.625. The van der Waals surface area contributed by atoms with Gasteiger partial charge in [0, 0.05) is 12.8 Å². The number of carbonyl (C=O) groups is 3. The van der Waals surface area contributed by atoms with Crippen LogP contribution in [0, 0.1) is 0 Å². The number of hydrogen-bond donors (Lipinski definition) is 1. The zero-order chi connectivity index (χ0) is 9.84. The van der Waals surface area contributed by atoms with Crippen molar-refractivity contribution in [3.8, 4) is 0 Å². The Labute approximate surface area is 75.4 Å². The first kappa shape index (κ1) is 9.70. The summed E-state index contributed by atoms with van der Waals surface area (Å²) >= 11 is 0. The number of carbonyl (C=O) groups excluding carboxylic acids is 3. The number of rotatable bonds is 2. The van der Waals surface area contributed by atoms with Crippen molar-refractivity contribution in [2.45, 2.75) is 32.2 Å².